The normalized spacial score (nSPS) is 10.6. The lowest BCUT2D eigenvalue weighted by molar-refractivity contribution is -0.125. The molecule has 0 fully saturated rings. The zero-order valence-corrected chi connectivity index (χ0v) is 14.1. The first kappa shape index (κ1) is 17.3. The van der Waals surface area contributed by atoms with E-state index in [0.29, 0.717) is 18.2 Å². The van der Waals surface area contributed by atoms with Gasteiger partial charge in [0.2, 0.25) is 5.91 Å². The first-order valence-electron chi connectivity index (χ1n) is 7.53. The zero-order valence-electron chi connectivity index (χ0n) is 13.3. The second-order valence-corrected chi connectivity index (χ2v) is 6.00. The van der Waals surface area contributed by atoms with Crippen molar-refractivity contribution >= 4 is 17.5 Å². The fourth-order valence-corrected chi connectivity index (χ4v) is 2.09. The summed E-state index contributed by atoms with van der Waals surface area (Å²) in [5.41, 5.74) is 7.66. The molecule has 122 valence electrons. The van der Waals surface area contributed by atoms with Gasteiger partial charge in [0.05, 0.1) is 0 Å². The highest BCUT2D eigenvalue weighted by Crippen LogP contribution is 2.16. The first-order valence-corrected chi connectivity index (χ1v) is 7.91. The Morgan fingerprint density at radius 1 is 1.13 bits per heavy atom. The molecular weight excluding hydrogens is 312 g/mol. The Hall–Kier alpha value is -2.04. The van der Waals surface area contributed by atoms with Crippen LogP contribution < -0.4 is 15.6 Å². The number of hydrazine groups is 1. The van der Waals surface area contributed by atoms with E-state index in [-0.39, 0.29) is 11.8 Å². The average molecular weight is 333 g/mol. The number of carbonyl (C=O) groups excluding carboxylic acids is 1. The molecule has 2 N–H and O–H groups in total. The van der Waals surface area contributed by atoms with Gasteiger partial charge in [0.25, 0.3) is 0 Å². The number of hydrogen-bond acceptors (Lipinski definition) is 3. The van der Waals surface area contributed by atoms with Gasteiger partial charge in [-0.2, -0.15) is 0 Å². The Labute approximate surface area is 141 Å². The third-order valence-corrected chi connectivity index (χ3v) is 3.48. The monoisotopic (exact) mass is 332 g/mol. The predicted molar refractivity (Wildman–Crippen MR) is 92.0 cm³/mol. The van der Waals surface area contributed by atoms with Crippen molar-refractivity contribution < 1.29 is 9.53 Å². The zero-order chi connectivity index (χ0) is 16.7. The van der Waals surface area contributed by atoms with Crippen molar-refractivity contribution in [3.05, 3.63) is 64.7 Å². The number of hydrogen-bond donors (Lipinski definition) is 2. The van der Waals surface area contributed by atoms with Gasteiger partial charge in [0.1, 0.15) is 12.4 Å². The van der Waals surface area contributed by atoms with Crippen LogP contribution in [0.15, 0.2) is 48.5 Å². The largest absolute Gasteiger partial charge is 0.489 e. The quantitative estimate of drug-likeness (QED) is 0.760. The van der Waals surface area contributed by atoms with Crippen molar-refractivity contribution in [2.24, 2.45) is 5.92 Å². The molecule has 0 atom stereocenters. The van der Waals surface area contributed by atoms with Gasteiger partial charge in [0.15, 0.2) is 0 Å². The molecule has 0 bridgehead atoms. The fraction of sp³-hybridized carbons (Fsp3) is 0.278. The summed E-state index contributed by atoms with van der Waals surface area (Å²) >= 11 is 5.95. The maximum absolute atomic E-state index is 11.4. The Bertz CT molecular complexity index is 642. The predicted octanol–water partition coefficient (Wildman–Crippen LogP) is 3.70. The summed E-state index contributed by atoms with van der Waals surface area (Å²) in [6.45, 7) is 4.74. The van der Waals surface area contributed by atoms with Crippen LogP contribution in [0.1, 0.15) is 25.0 Å². The average Bonchev–Trinajstić information content (AvgIpc) is 2.54. The lowest BCUT2D eigenvalue weighted by Crippen LogP contribution is -2.39. The van der Waals surface area contributed by atoms with Gasteiger partial charge >= 0.3 is 0 Å². The molecule has 0 saturated heterocycles. The van der Waals surface area contributed by atoms with E-state index in [1.807, 2.05) is 62.4 Å². The van der Waals surface area contributed by atoms with Gasteiger partial charge in [-0.25, -0.2) is 5.43 Å². The summed E-state index contributed by atoms with van der Waals surface area (Å²) < 4.78 is 5.73. The number of nitrogens with one attached hydrogen (secondary N) is 2. The van der Waals surface area contributed by atoms with E-state index in [9.17, 15) is 4.79 Å². The molecule has 0 unspecified atom stereocenters. The van der Waals surface area contributed by atoms with E-state index in [0.717, 1.165) is 16.9 Å². The van der Waals surface area contributed by atoms with Gasteiger partial charge in [-0.1, -0.05) is 49.7 Å². The van der Waals surface area contributed by atoms with Crippen LogP contribution in [0, 0.1) is 5.92 Å². The highest BCUT2D eigenvalue weighted by Gasteiger charge is 2.05. The molecule has 0 radical (unpaired) electrons. The molecule has 0 aliphatic heterocycles. The molecule has 2 aromatic carbocycles. The van der Waals surface area contributed by atoms with Gasteiger partial charge in [-0.3, -0.25) is 10.2 Å². The summed E-state index contributed by atoms with van der Waals surface area (Å²) in [6.07, 6.45) is 0. The van der Waals surface area contributed by atoms with Gasteiger partial charge in [-0.05, 0) is 35.4 Å². The fourth-order valence-electron chi connectivity index (χ4n) is 1.87. The van der Waals surface area contributed by atoms with Crippen molar-refractivity contribution in [3.63, 3.8) is 0 Å². The lowest BCUT2D eigenvalue weighted by atomic mass is 10.2. The van der Waals surface area contributed by atoms with E-state index < -0.39 is 0 Å². The second-order valence-electron chi connectivity index (χ2n) is 5.56. The second kappa shape index (κ2) is 8.56. The Balaban J connectivity index is 1.79. The minimum Gasteiger partial charge on any atom is -0.489 e. The molecule has 4 nitrogen and oxygen atoms in total. The van der Waals surface area contributed by atoms with E-state index in [1.54, 1.807) is 0 Å². The van der Waals surface area contributed by atoms with Crippen LogP contribution in [-0.2, 0) is 17.9 Å². The van der Waals surface area contributed by atoms with E-state index in [1.165, 1.54) is 0 Å². The third-order valence-electron chi connectivity index (χ3n) is 3.25. The molecule has 0 aliphatic rings. The van der Waals surface area contributed by atoms with Crippen LogP contribution in [0.5, 0.6) is 5.75 Å². The Kier molecular flexibility index (Phi) is 6.44. The van der Waals surface area contributed by atoms with Gasteiger partial charge in [-0.15, -0.1) is 0 Å². The maximum Gasteiger partial charge on any atom is 0.236 e. The molecule has 0 saturated carbocycles. The lowest BCUT2D eigenvalue weighted by Gasteiger charge is -2.10. The van der Waals surface area contributed by atoms with Gasteiger partial charge < -0.3 is 4.74 Å². The molecule has 0 spiro atoms. The van der Waals surface area contributed by atoms with Crippen molar-refractivity contribution in [3.8, 4) is 5.75 Å². The first-order chi connectivity index (χ1) is 11.0. The summed E-state index contributed by atoms with van der Waals surface area (Å²) in [5.74, 6) is 0.733. The summed E-state index contributed by atoms with van der Waals surface area (Å²) in [5, 5.41) is 0.705. The van der Waals surface area contributed by atoms with Crippen LogP contribution in [0.3, 0.4) is 0 Å². The van der Waals surface area contributed by atoms with Crippen LogP contribution in [0.25, 0.3) is 0 Å². The van der Waals surface area contributed by atoms with Crippen LogP contribution in [-0.4, -0.2) is 5.91 Å². The molecule has 1 amide bonds. The molecule has 2 aromatic rings. The number of rotatable bonds is 7. The Morgan fingerprint density at radius 2 is 1.87 bits per heavy atom. The van der Waals surface area contributed by atoms with Crippen molar-refractivity contribution in [2.45, 2.75) is 27.0 Å². The smallest absolute Gasteiger partial charge is 0.236 e. The van der Waals surface area contributed by atoms with Crippen LogP contribution in [0.4, 0.5) is 0 Å². The van der Waals surface area contributed by atoms with E-state index in [2.05, 4.69) is 10.9 Å². The number of halogens is 1. The highest BCUT2D eigenvalue weighted by molar-refractivity contribution is 6.30. The van der Waals surface area contributed by atoms with E-state index >= 15 is 0 Å². The van der Waals surface area contributed by atoms with Crippen molar-refractivity contribution in [2.75, 3.05) is 0 Å². The molecule has 0 aliphatic carbocycles. The summed E-state index contributed by atoms with van der Waals surface area (Å²) in [6, 6.07) is 15.3. The number of carbonyl (C=O) groups is 1. The third kappa shape index (κ3) is 5.93. The standard InChI is InChI=1S/C18H21ClN2O2/c1-13(2)18(22)21-20-11-14-6-8-17(9-7-14)23-12-15-4-3-5-16(19)10-15/h3-10,13,20H,11-12H2,1-2H3,(H,21,22). The maximum atomic E-state index is 11.4. The van der Waals surface area contributed by atoms with Gasteiger partial charge in [0, 0.05) is 17.5 Å². The van der Waals surface area contributed by atoms with Crippen molar-refractivity contribution in [1.29, 1.82) is 0 Å². The Morgan fingerprint density at radius 3 is 2.52 bits per heavy atom. The van der Waals surface area contributed by atoms with E-state index in [4.69, 9.17) is 16.3 Å². The van der Waals surface area contributed by atoms with Crippen LogP contribution >= 0.6 is 11.6 Å². The number of ether oxygens (including phenoxy) is 1. The number of benzene rings is 2. The minimum absolute atomic E-state index is 0.0218. The van der Waals surface area contributed by atoms with Crippen molar-refractivity contribution in [1.82, 2.24) is 10.9 Å². The summed E-state index contributed by atoms with van der Waals surface area (Å²) in [7, 11) is 0. The molecular formula is C18H21ClN2O2. The minimum atomic E-state index is -0.0373. The molecule has 0 aromatic heterocycles. The molecule has 23 heavy (non-hydrogen) atoms. The number of amides is 1. The summed E-state index contributed by atoms with van der Waals surface area (Å²) in [4.78, 5) is 11.4. The molecule has 0 heterocycles. The molecule has 2 rings (SSSR count). The topological polar surface area (TPSA) is 50.4 Å². The highest BCUT2D eigenvalue weighted by atomic mass is 35.5. The van der Waals surface area contributed by atoms with Crippen LogP contribution in [0.2, 0.25) is 5.02 Å². The SMILES string of the molecule is CC(C)C(=O)NNCc1ccc(OCc2cccc(Cl)c2)cc1. The molecule has 5 heteroatoms.